The standard InChI is InChI=1S/C11H18N2O3S2/c1-3-18(15)7-6-12-11-13-9(8-17-11)4-5-10(14)16-2/h8H,3-7H2,1-2H3,(H,12,13). The van der Waals surface area contributed by atoms with Crippen molar-refractivity contribution >= 4 is 33.2 Å². The van der Waals surface area contributed by atoms with E-state index in [1.54, 1.807) is 0 Å². The number of carbonyl (C=O) groups is 1. The van der Waals surface area contributed by atoms with Crippen LogP contribution >= 0.6 is 11.3 Å². The fourth-order valence-electron chi connectivity index (χ4n) is 1.25. The van der Waals surface area contributed by atoms with Crippen LogP contribution in [0.4, 0.5) is 5.13 Å². The van der Waals surface area contributed by atoms with Crippen molar-refractivity contribution < 1.29 is 13.7 Å². The predicted molar refractivity (Wildman–Crippen MR) is 74.5 cm³/mol. The molecule has 0 bridgehead atoms. The summed E-state index contributed by atoms with van der Waals surface area (Å²) in [5, 5.41) is 5.86. The van der Waals surface area contributed by atoms with Crippen LogP contribution in [0.2, 0.25) is 0 Å². The first-order chi connectivity index (χ1) is 8.65. The number of hydrogen-bond acceptors (Lipinski definition) is 6. The van der Waals surface area contributed by atoms with E-state index in [1.165, 1.54) is 18.4 Å². The third-order valence-corrected chi connectivity index (χ3v) is 4.44. The number of aryl methyl sites for hydroxylation is 1. The maximum Gasteiger partial charge on any atom is 0.305 e. The fourth-order valence-corrected chi connectivity index (χ4v) is 2.64. The molecule has 1 rings (SSSR count). The maximum absolute atomic E-state index is 11.2. The molecule has 0 saturated carbocycles. The number of hydrogen-bond donors (Lipinski definition) is 1. The predicted octanol–water partition coefficient (Wildman–Crippen LogP) is 1.43. The van der Waals surface area contributed by atoms with Gasteiger partial charge < -0.3 is 10.1 Å². The topological polar surface area (TPSA) is 68.3 Å². The Hall–Kier alpha value is -0.950. The molecule has 1 N–H and O–H groups in total. The molecule has 7 heteroatoms. The zero-order valence-electron chi connectivity index (χ0n) is 10.6. The van der Waals surface area contributed by atoms with Gasteiger partial charge in [0.15, 0.2) is 5.13 Å². The van der Waals surface area contributed by atoms with Gasteiger partial charge in [0.25, 0.3) is 0 Å². The van der Waals surface area contributed by atoms with Gasteiger partial charge in [0.05, 0.1) is 19.2 Å². The lowest BCUT2D eigenvalue weighted by Crippen LogP contribution is -2.11. The molecule has 1 atom stereocenters. The number of nitrogens with zero attached hydrogens (tertiary/aromatic N) is 1. The number of aromatic nitrogens is 1. The number of ether oxygens (including phenoxy) is 1. The molecule has 0 radical (unpaired) electrons. The van der Waals surface area contributed by atoms with Crippen LogP contribution in [-0.4, -0.2) is 40.3 Å². The van der Waals surface area contributed by atoms with Gasteiger partial charge in [0.1, 0.15) is 0 Å². The quantitative estimate of drug-likeness (QED) is 0.734. The van der Waals surface area contributed by atoms with E-state index in [4.69, 9.17) is 0 Å². The zero-order valence-corrected chi connectivity index (χ0v) is 12.2. The minimum atomic E-state index is -0.752. The lowest BCUT2D eigenvalue weighted by molar-refractivity contribution is -0.140. The average molecular weight is 290 g/mol. The number of carbonyl (C=O) groups excluding carboxylic acids is 1. The van der Waals surface area contributed by atoms with Crippen LogP contribution in [-0.2, 0) is 26.8 Å². The van der Waals surface area contributed by atoms with Gasteiger partial charge in [-0.2, -0.15) is 0 Å². The number of rotatable bonds is 8. The lowest BCUT2D eigenvalue weighted by atomic mass is 10.2. The average Bonchev–Trinajstić information content (AvgIpc) is 2.83. The maximum atomic E-state index is 11.2. The van der Waals surface area contributed by atoms with E-state index in [-0.39, 0.29) is 5.97 Å². The monoisotopic (exact) mass is 290 g/mol. The number of nitrogens with one attached hydrogen (secondary N) is 1. The van der Waals surface area contributed by atoms with E-state index < -0.39 is 10.8 Å². The summed E-state index contributed by atoms with van der Waals surface area (Å²) in [6, 6.07) is 0. The first-order valence-corrected chi connectivity index (χ1v) is 8.12. The molecule has 1 aromatic rings. The summed E-state index contributed by atoms with van der Waals surface area (Å²) in [4.78, 5) is 15.3. The molecule has 1 aromatic heterocycles. The van der Waals surface area contributed by atoms with Crippen LogP contribution in [0.15, 0.2) is 5.38 Å². The van der Waals surface area contributed by atoms with Crippen LogP contribution < -0.4 is 5.32 Å². The minimum absolute atomic E-state index is 0.226. The normalized spacial score (nSPS) is 12.1. The third-order valence-electron chi connectivity index (χ3n) is 2.29. The Balaban J connectivity index is 2.30. The van der Waals surface area contributed by atoms with Crippen molar-refractivity contribution in [3.05, 3.63) is 11.1 Å². The summed E-state index contributed by atoms with van der Waals surface area (Å²) < 4.78 is 15.8. The van der Waals surface area contributed by atoms with Crippen LogP contribution in [0.1, 0.15) is 19.0 Å². The molecule has 5 nitrogen and oxygen atoms in total. The van der Waals surface area contributed by atoms with Gasteiger partial charge in [-0.05, 0) is 0 Å². The van der Waals surface area contributed by atoms with Gasteiger partial charge in [0.2, 0.25) is 0 Å². The minimum Gasteiger partial charge on any atom is -0.469 e. The van der Waals surface area contributed by atoms with E-state index >= 15 is 0 Å². The highest BCUT2D eigenvalue weighted by molar-refractivity contribution is 7.84. The molecule has 0 aromatic carbocycles. The summed E-state index contributed by atoms with van der Waals surface area (Å²) in [5.41, 5.74) is 0.879. The van der Waals surface area contributed by atoms with Crippen LogP contribution in [0.3, 0.4) is 0 Å². The summed E-state index contributed by atoms with van der Waals surface area (Å²) in [6.45, 7) is 2.56. The van der Waals surface area contributed by atoms with E-state index in [0.29, 0.717) is 30.9 Å². The first-order valence-electron chi connectivity index (χ1n) is 5.75. The molecule has 0 aliphatic carbocycles. The van der Waals surface area contributed by atoms with Gasteiger partial charge in [-0.15, -0.1) is 11.3 Å². The molecule has 0 saturated heterocycles. The Morgan fingerprint density at radius 3 is 3.06 bits per heavy atom. The van der Waals surface area contributed by atoms with E-state index in [1.807, 2.05) is 12.3 Å². The SMILES string of the molecule is CCS(=O)CCNc1nc(CCC(=O)OC)cs1. The second-order valence-electron chi connectivity index (χ2n) is 3.58. The lowest BCUT2D eigenvalue weighted by Gasteiger charge is -2.01. The number of methoxy groups -OCH3 is 1. The molecule has 0 fully saturated rings. The van der Waals surface area contributed by atoms with E-state index in [9.17, 15) is 9.00 Å². The molecule has 1 unspecified atom stereocenters. The Labute approximate surface area is 113 Å². The highest BCUT2D eigenvalue weighted by Crippen LogP contribution is 2.16. The van der Waals surface area contributed by atoms with Gasteiger partial charge >= 0.3 is 5.97 Å². The fraction of sp³-hybridized carbons (Fsp3) is 0.636. The Morgan fingerprint density at radius 1 is 1.61 bits per heavy atom. The molecule has 102 valence electrons. The van der Waals surface area contributed by atoms with Crippen molar-refractivity contribution in [3.63, 3.8) is 0 Å². The summed E-state index contributed by atoms with van der Waals surface area (Å²) in [5.74, 6) is 1.09. The van der Waals surface area contributed by atoms with Crippen molar-refractivity contribution in [1.29, 1.82) is 0 Å². The Kier molecular flexibility index (Phi) is 6.89. The molecular weight excluding hydrogens is 272 g/mol. The molecule has 0 aliphatic rings. The van der Waals surface area contributed by atoms with Crippen molar-refractivity contribution in [3.8, 4) is 0 Å². The van der Waals surface area contributed by atoms with Crippen molar-refractivity contribution in [2.24, 2.45) is 0 Å². The van der Waals surface area contributed by atoms with Crippen LogP contribution in [0.25, 0.3) is 0 Å². The van der Waals surface area contributed by atoms with Gasteiger partial charge in [-0.1, -0.05) is 6.92 Å². The summed E-state index contributed by atoms with van der Waals surface area (Å²) in [7, 11) is 0.628. The van der Waals surface area contributed by atoms with Crippen molar-refractivity contribution in [1.82, 2.24) is 4.98 Å². The first kappa shape index (κ1) is 15.1. The Bertz CT molecular complexity index is 407. The molecule has 0 spiro atoms. The molecule has 0 amide bonds. The van der Waals surface area contributed by atoms with Crippen LogP contribution in [0.5, 0.6) is 0 Å². The van der Waals surface area contributed by atoms with Gasteiger partial charge in [-0.25, -0.2) is 4.98 Å². The summed E-state index contributed by atoms with van der Waals surface area (Å²) in [6.07, 6.45) is 0.936. The Morgan fingerprint density at radius 2 is 2.39 bits per heavy atom. The second-order valence-corrected chi connectivity index (χ2v) is 6.30. The van der Waals surface area contributed by atoms with Gasteiger partial charge in [0, 0.05) is 40.7 Å². The second kappa shape index (κ2) is 8.20. The molecule has 0 aliphatic heterocycles. The third kappa shape index (κ3) is 5.59. The van der Waals surface area contributed by atoms with E-state index in [0.717, 1.165) is 10.8 Å². The highest BCUT2D eigenvalue weighted by atomic mass is 32.2. The van der Waals surface area contributed by atoms with Gasteiger partial charge in [-0.3, -0.25) is 9.00 Å². The number of esters is 1. The van der Waals surface area contributed by atoms with E-state index in [2.05, 4.69) is 15.0 Å². The largest absolute Gasteiger partial charge is 0.469 e. The number of anilines is 1. The molecular formula is C11H18N2O3S2. The molecule has 18 heavy (non-hydrogen) atoms. The van der Waals surface area contributed by atoms with Crippen LogP contribution in [0, 0.1) is 0 Å². The zero-order chi connectivity index (χ0) is 13.4. The highest BCUT2D eigenvalue weighted by Gasteiger charge is 2.05. The van der Waals surface area contributed by atoms with Crippen molar-refractivity contribution in [2.75, 3.05) is 30.5 Å². The molecule has 1 heterocycles. The summed E-state index contributed by atoms with van der Waals surface area (Å²) >= 11 is 1.49. The number of thiazole rings is 1. The van der Waals surface area contributed by atoms with Crippen molar-refractivity contribution in [2.45, 2.75) is 19.8 Å². The smallest absolute Gasteiger partial charge is 0.305 e.